The molecule has 0 amide bonds. The largest absolute Gasteiger partial charge is 0.497 e. The molecular formula is C13H17N3O2S. The van der Waals surface area contributed by atoms with E-state index >= 15 is 0 Å². The normalized spacial score (nSPS) is 12.2. The average molecular weight is 279 g/mol. The highest BCUT2D eigenvalue weighted by atomic mass is 32.1. The Bertz CT molecular complexity index is 517. The van der Waals surface area contributed by atoms with Crippen molar-refractivity contribution in [2.75, 3.05) is 14.2 Å². The molecule has 0 aliphatic heterocycles. The highest BCUT2D eigenvalue weighted by molar-refractivity contribution is 7.03. The molecule has 0 saturated heterocycles. The molecule has 0 radical (unpaired) electrons. The zero-order valence-corrected chi connectivity index (χ0v) is 12.0. The highest BCUT2D eigenvalue weighted by Crippen LogP contribution is 2.29. The maximum absolute atomic E-state index is 5.40. The summed E-state index contributed by atoms with van der Waals surface area (Å²) in [4.78, 5) is 0. The van der Waals surface area contributed by atoms with E-state index in [2.05, 4.69) is 21.8 Å². The van der Waals surface area contributed by atoms with Crippen molar-refractivity contribution in [3.63, 3.8) is 0 Å². The first-order chi connectivity index (χ1) is 9.24. The van der Waals surface area contributed by atoms with Crippen LogP contribution in [0.4, 0.5) is 0 Å². The van der Waals surface area contributed by atoms with Gasteiger partial charge in [0.05, 0.1) is 19.9 Å². The molecule has 1 aromatic carbocycles. The van der Waals surface area contributed by atoms with Crippen LogP contribution in [0.15, 0.2) is 23.6 Å². The molecule has 1 N–H and O–H groups in total. The second-order valence-corrected chi connectivity index (χ2v) is 4.72. The molecule has 0 bridgehead atoms. The van der Waals surface area contributed by atoms with E-state index in [9.17, 15) is 0 Å². The first-order valence-electron chi connectivity index (χ1n) is 5.96. The van der Waals surface area contributed by atoms with Crippen LogP contribution in [0.2, 0.25) is 0 Å². The SMILES string of the molecule is COc1ccc(C(C)NCc2csnn2)c(OC)c1. The number of hydrogen-bond donors (Lipinski definition) is 1. The summed E-state index contributed by atoms with van der Waals surface area (Å²) in [7, 11) is 3.31. The van der Waals surface area contributed by atoms with Gasteiger partial charge in [0.2, 0.25) is 0 Å². The molecule has 1 atom stereocenters. The molecule has 0 saturated carbocycles. The van der Waals surface area contributed by atoms with Crippen LogP contribution in [0.1, 0.15) is 24.2 Å². The molecule has 1 unspecified atom stereocenters. The van der Waals surface area contributed by atoms with Gasteiger partial charge < -0.3 is 14.8 Å². The van der Waals surface area contributed by atoms with E-state index < -0.39 is 0 Å². The lowest BCUT2D eigenvalue weighted by atomic mass is 10.1. The van der Waals surface area contributed by atoms with E-state index in [0.717, 1.165) is 22.8 Å². The summed E-state index contributed by atoms with van der Waals surface area (Å²) in [5.74, 6) is 1.60. The zero-order chi connectivity index (χ0) is 13.7. The quantitative estimate of drug-likeness (QED) is 0.880. The fourth-order valence-electron chi connectivity index (χ4n) is 1.80. The van der Waals surface area contributed by atoms with Gasteiger partial charge in [-0.05, 0) is 24.5 Å². The molecule has 0 aliphatic carbocycles. The number of methoxy groups -OCH3 is 2. The summed E-state index contributed by atoms with van der Waals surface area (Å²) in [5, 5.41) is 9.34. The van der Waals surface area contributed by atoms with Crippen LogP contribution in [0.5, 0.6) is 11.5 Å². The Kier molecular flexibility index (Phi) is 4.70. The van der Waals surface area contributed by atoms with Gasteiger partial charge in [0.1, 0.15) is 11.5 Å². The second kappa shape index (κ2) is 6.49. The molecule has 2 aromatic rings. The maximum atomic E-state index is 5.40. The third-order valence-corrected chi connectivity index (χ3v) is 3.46. The van der Waals surface area contributed by atoms with Crippen LogP contribution in [0.3, 0.4) is 0 Å². The molecule has 0 fully saturated rings. The van der Waals surface area contributed by atoms with Gasteiger partial charge in [-0.2, -0.15) is 0 Å². The summed E-state index contributed by atoms with van der Waals surface area (Å²) < 4.78 is 14.4. The highest BCUT2D eigenvalue weighted by Gasteiger charge is 2.12. The van der Waals surface area contributed by atoms with E-state index in [0.29, 0.717) is 6.54 Å². The van der Waals surface area contributed by atoms with Crippen LogP contribution in [-0.4, -0.2) is 23.8 Å². The van der Waals surface area contributed by atoms with Gasteiger partial charge in [-0.3, -0.25) is 0 Å². The van der Waals surface area contributed by atoms with Gasteiger partial charge in [0, 0.05) is 29.6 Å². The summed E-state index contributed by atoms with van der Waals surface area (Å²) in [6.07, 6.45) is 0. The molecule has 0 spiro atoms. The smallest absolute Gasteiger partial charge is 0.127 e. The number of rotatable bonds is 6. The minimum atomic E-state index is 0.155. The summed E-state index contributed by atoms with van der Waals surface area (Å²) in [6.45, 7) is 2.77. The van der Waals surface area contributed by atoms with Gasteiger partial charge in [0.15, 0.2) is 0 Å². The molecule has 1 heterocycles. The van der Waals surface area contributed by atoms with E-state index in [4.69, 9.17) is 9.47 Å². The van der Waals surface area contributed by atoms with E-state index in [1.807, 2.05) is 23.6 Å². The van der Waals surface area contributed by atoms with Gasteiger partial charge in [-0.25, -0.2) is 0 Å². The van der Waals surface area contributed by atoms with Crippen molar-refractivity contribution in [3.8, 4) is 11.5 Å². The predicted molar refractivity (Wildman–Crippen MR) is 74.7 cm³/mol. The standard InChI is InChI=1S/C13H17N3O2S/c1-9(14-7-10-8-19-16-15-10)12-5-4-11(17-2)6-13(12)18-3/h4-6,8-9,14H,7H2,1-3H3. The van der Waals surface area contributed by atoms with Gasteiger partial charge in [0.25, 0.3) is 0 Å². The fraction of sp³-hybridized carbons (Fsp3) is 0.385. The molecular weight excluding hydrogens is 262 g/mol. The molecule has 1 aromatic heterocycles. The van der Waals surface area contributed by atoms with Crippen molar-refractivity contribution in [2.45, 2.75) is 19.5 Å². The van der Waals surface area contributed by atoms with E-state index in [1.54, 1.807) is 14.2 Å². The second-order valence-electron chi connectivity index (χ2n) is 4.11. The van der Waals surface area contributed by atoms with Crippen molar-refractivity contribution in [1.29, 1.82) is 0 Å². The zero-order valence-electron chi connectivity index (χ0n) is 11.2. The first kappa shape index (κ1) is 13.8. The summed E-state index contributed by atoms with van der Waals surface area (Å²) in [5.41, 5.74) is 2.04. The third kappa shape index (κ3) is 3.42. The number of hydrogen-bond acceptors (Lipinski definition) is 6. The summed E-state index contributed by atoms with van der Waals surface area (Å²) >= 11 is 1.36. The molecule has 102 valence electrons. The van der Waals surface area contributed by atoms with Gasteiger partial charge in [-0.15, -0.1) is 5.10 Å². The third-order valence-electron chi connectivity index (χ3n) is 2.90. The number of ether oxygens (including phenoxy) is 2. The Morgan fingerprint density at radius 3 is 2.79 bits per heavy atom. The Labute approximate surface area is 116 Å². The minimum Gasteiger partial charge on any atom is -0.497 e. The van der Waals surface area contributed by atoms with E-state index in [-0.39, 0.29) is 6.04 Å². The topological polar surface area (TPSA) is 56.3 Å². The van der Waals surface area contributed by atoms with Crippen LogP contribution in [-0.2, 0) is 6.54 Å². The van der Waals surface area contributed by atoms with Gasteiger partial charge in [-0.1, -0.05) is 10.6 Å². The Hall–Kier alpha value is -1.66. The first-order valence-corrected chi connectivity index (χ1v) is 6.79. The Morgan fingerprint density at radius 1 is 1.32 bits per heavy atom. The van der Waals surface area contributed by atoms with Gasteiger partial charge >= 0.3 is 0 Å². The Balaban J connectivity index is 2.07. The average Bonchev–Trinajstić information content (AvgIpc) is 2.97. The van der Waals surface area contributed by atoms with Crippen LogP contribution in [0, 0.1) is 0 Å². The number of aromatic nitrogens is 2. The van der Waals surface area contributed by atoms with E-state index in [1.165, 1.54) is 11.5 Å². The Morgan fingerprint density at radius 2 is 2.16 bits per heavy atom. The monoisotopic (exact) mass is 279 g/mol. The molecule has 5 nitrogen and oxygen atoms in total. The molecule has 2 rings (SSSR count). The number of nitrogens with zero attached hydrogens (tertiary/aromatic N) is 2. The molecule has 0 aliphatic rings. The lowest BCUT2D eigenvalue weighted by molar-refractivity contribution is 0.385. The fourth-order valence-corrected chi connectivity index (χ4v) is 2.26. The van der Waals surface area contributed by atoms with Crippen molar-refractivity contribution >= 4 is 11.5 Å². The van der Waals surface area contributed by atoms with Crippen LogP contribution in [0.25, 0.3) is 0 Å². The van der Waals surface area contributed by atoms with Crippen molar-refractivity contribution < 1.29 is 9.47 Å². The minimum absolute atomic E-state index is 0.155. The number of benzene rings is 1. The maximum Gasteiger partial charge on any atom is 0.127 e. The predicted octanol–water partition coefficient (Wildman–Crippen LogP) is 2.41. The van der Waals surface area contributed by atoms with Crippen LogP contribution < -0.4 is 14.8 Å². The lowest BCUT2D eigenvalue weighted by Gasteiger charge is -2.17. The molecule has 19 heavy (non-hydrogen) atoms. The summed E-state index contributed by atoms with van der Waals surface area (Å²) in [6, 6.07) is 5.98. The van der Waals surface area contributed by atoms with Crippen molar-refractivity contribution in [2.24, 2.45) is 0 Å². The number of nitrogens with one attached hydrogen (secondary N) is 1. The van der Waals surface area contributed by atoms with Crippen LogP contribution >= 0.6 is 11.5 Å². The lowest BCUT2D eigenvalue weighted by Crippen LogP contribution is -2.19. The van der Waals surface area contributed by atoms with Crippen molar-refractivity contribution in [3.05, 3.63) is 34.8 Å². The molecule has 6 heteroatoms. The van der Waals surface area contributed by atoms with Crippen molar-refractivity contribution in [1.82, 2.24) is 14.9 Å².